The van der Waals surface area contributed by atoms with Gasteiger partial charge in [0, 0.05) is 23.1 Å². The average molecular weight is 299 g/mol. The molecule has 1 aliphatic rings. The highest BCUT2D eigenvalue weighted by atomic mass is 35.5. The molecule has 0 saturated carbocycles. The Bertz CT molecular complexity index is 435. The van der Waals surface area contributed by atoms with Crippen LogP contribution in [0.4, 0.5) is 0 Å². The molecule has 19 heavy (non-hydrogen) atoms. The minimum absolute atomic E-state index is 0.0277. The molecule has 0 aliphatic carbocycles. The highest BCUT2D eigenvalue weighted by Gasteiger charge is 2.23. The van der Waals surface area contributed by atoms with Gasteiger partial charge in [0.15, 0.2) is 0 Å². The van der Waals surface area contributed by atoms with E-state index < -0.39 is 0 Å². The van der Waals surface area contributed by atoms with Gasteiger partial charge in [0.25, 0.3) is 0 Å². The maximum Gasteiger partial charge on any atom is 0.238 e. The highest BCUT2D eigenvalue weighted by molar-refractivity contribution is 7.99. The van der Waals surface area contributed by atoms with Crippen LogP contribution in [0.5, 0.6) is 0 Å². The fourth-order valence-electron chi connectivity index (χ4n) is 2.15. The van der Waals surface area contributed by atoms with E-state index in [0.29, 0.717) is 5.02 Å². The van der Waals surface area contributed by atoms with Crippen LogP contribution in [0.25, 0.3) is 0 Å². The van der Waals surface area contributed by atoms with Gasteiger partial charge < -0.3 is 10.6 Å². The Kier molecular flexibility index (Phi) is 5.55. The molecule has 1 aromatic carbocycles. The highest BCUT2D eigenvalue weighted by Crippen LogP contribution is 2.20. The van der Waals surface area contributed by atoms with Crippen LogP contribution in [0.15, 0.2) is 24.3 Å². The maximum atomic E-state index is 12.2. The number of thioether (sulfide) groups is 1. The lowest BCUT2D eigenvalue weighted by Gasteiger charge is -2.25. The Hall–Kier alpha value is -0.710. The standard InChI is InChI=1S/C14H19ClN2OS/c1-2-12(10-4-3-5-11(15)8-10)17-14(18)13-9-19-7-6-16-13/h3-5,8,12-13,16H,2,6-7,9H2,1H3,(H,17,18). The van der Waals surface area contributed by atoms with Crippen LogP contribution in [-0.2, 0) is 4.79 Å². The minimum Gasteiger partial charge on any atom is -0.348 e. The quantitative estimate of drug-likeness (QED) is 0.898. The van der Waals surface area contributed by atoms with E-state index in [0.717, 1.165) is 30.0 Å². The molecule has 2 N–H and O–H groups in total. The summed E-state index contributed by atoms with van der Waals surface area (Å²) in [7, 11) is 0. The molecule has 2 rings (SSSR count). The van der Waals surface area contributed by atoms with Crippen molar-refractivity contribution in [3.63, 3.8) is 0 Å². The normalized spacial score (nSPS) is 20.8. The number of carbonyl (C=O) groups is 1. The first kappa shape index (κ1) is 14.7. The van der Waals surface area contributed by atoms with E-state index in [1.165, 1.54) is 0 Å². The zero-order chi connectivity index (χ0) is 13.7. The molecule has 3 nitrogen and oxygen atoms in total. The minimum atomic E-state index is -0.0769. The van der Waals surface area contributed by atoms with Gasteiger partial charge in [0.1, 0.15) is 0 Å². The first-order valence-corrected chi connectivity index (χ1v) is 8.11. The summed E-state index contributed by atoms with van der Waals surface area (Å²) in [5.41, 5.74) is 1.06. The number of rotatable bonds is 4. The van der Waals surface area contributed by atoms with Crippen molar-refractivity contribution in [2.24, 2.45) is 0 Å². The molecule has 1 amide bonds. The van der Waals surface area contributed by atoms with Crippen molar-refractivity contribution < 1.29 is 4.79 Å². The van der Waals surface area contributed by atoms with Crippen LogP contribution in [-0.4, -0.2) is 30.0 Å². The van der Waals surface area contributed by atoms with Gasteiger partial charge in [-0.2, -0.15) is 11.8 Å². The molecule has 1 fully saturated rings. The van der Waals surface area contributed by atoms with Crippen molar-refractivity contribution in [2.75, 3.05) is 18.1 Å². The number of benzene rings is 1. The molecular weight excluding hydrogens is 280 g/mol. The third-order valence-corrected chi connectivity index (χ3v) is 4.51. The molecule has 1 aliphatic heterocycles. The van der Waals surface area contributed by atoms with Crippen LogP contribution in [0.1, 0.15) is 24.9 Å². The lowest BCUT2D eigenvalue weighted by atomic mass is 10.0. The summed E-state index contributed by atoms with van der Waals surface area (Å²) in [6.45, 7) is 2.96. The Balaban J connectivity index is 2.00. The molecule has 1 aromatic rings. The van der Waals surface area contributed by atoms with Crippen LogP contribution in [0.3, 0.4) is 0 Å². The predicted molar refractivity (Wildman–Crippen MR) is 81.7 cm³/mol. The number of hydrogen-bond acceptors (Lipinski definition) is 3. The lowest BCUT2D eigenvalue weighted by molar-refractivity contribution is -0.123. The third-order valence-electron chi connectivity index (χ3n) is 3.21. The maximum absolute atomic E-state index is 12.2. The summed E-state index contributed by atoms with van der Waals surface area (Å²) < 4.78 is 0. The summed E-state index contributed by atoms with van der Waals surface area (Å²) in [5, 5.41) is 7.06. The smallest absolute Gasteiger partial charge is 0.238 e. The molecule has 0 spiro atoms. The van der Waals surface area contributed by atoms with Crippen molar-refractivity contribution in [2.45, 2.75) is 25.4 Å². The second kappa shape index (κ2) is 7.17. The molecule has 5 heteroatoms. The predicted octanol–water partition coefficient (Wildman–Crippen LogP) is 2.61. The van der Waals surface area contributed by atoms with E-state index in [-0.39, 0.29) is 18.0 Å². The first-order chi connectivity index (χ1) is 9.20. The Morgan fingerprint density at radius 3 is 3.11 bits per heavy atom. The molecule has 0 aromatic heterocycles. The summed E-state index contributed by atoms with van der Waals surface area (Å²) in [6, 6.07) is 7.63. The van der Waals surface area contributed by atoms with Crippen molar-refractivity contribution >= 4 is 29.3 Å². The molecule has 2 atom stereocenters. The van der Waals surface area contributed by atoms with Crippen LogP contribution in [0.2, 0.25) is 5.02 Å². The topological polar surface area (TPSA) is 41.1 Å². The van der Waals surface area contributed by atoms with E-state index in [1.54, 1.807) is 0 Å². The van der Waals surface area contributed by atoms with Gasteiger partial charge >= 0.3 is 0 Å². The lowest BCUT2D eigenvalue weighted by Crippen LogP contribution is -2.49. The Morgan fingerprint density at radius 2 is 2.47 bits per heavy atom. The molecule has 104 valence electrons. The number of halogens is 1. The van der Waals surface area contributed by atoms with Gasteiger partial charge in [0.05, 0.1) is 12.1 Å². The van der Waals surface area contributed by atoms with Gasteiger partial charge in [-0.15, -0.1) is 0 Å². The fraction of sp³-hybridized carbons (Fsp3) is 0.500. The number of carbonyl (C=O) groups excluding carboxylic acids is 1. The van der Waals surface area contributed by atoms with Crippen molar-refractivity contribution in [1.82, 2.24) is 10.6 Å². The van der Waals surface area contributed by atoms with E-state index in [9.17, 15) is 4.79 Å². The number of nitrogens with one attached hydrogen (secondary N) is 2. The second-order valence-electron chi connectivity index (χ2n) is 4.61. The fourth-order valence-corrected chi connectivity index (χ4v) is 3.28. The van der Waals surface area contributed by atoms with Crippen molar-refractivity contribution in [1.29, 1.82) is 0 Å². The van der Waals surface area contributed by atoms with Gasteiger partial charge in [0.2, 0.25) is 5.91 Å². The SMILES string of the molecule is CCC(NC(=O)C1CSCCN1)c1cccc(Cl)c1. The van der Waals surface area contributed by atoms with E-state index in [2.05, 4.69) is 17.6 Å². The monoisotopic (exact) mass is 298 g/mol. The van der Waals surface area contributed by atoms with Gasteiger partial charge in [-0.1, -0.05) is 30.7 Å². The van der Waals surface area contributed by atoms with Crippen molar-refractivity contribution in [3.05, 3.63) is 34.9 Å². The summed E-state index contributed by atoms with van der Waals surface area (Å²) >= 11 is 7.82. The van der Waals surface area contributed by atoms with E-state index in [4.69, 9.17) is 11.6 Å². The molecule has 1 heterocycles. The van der Waals surface area contributed by atoms with Crippen LogP contribution < -0.4 is 10.6 Å². The third kappa shape index (κ3) is 4.13. The van der Waals surface area contributed by atoms with Crippen molar-refractivity contribution in [3.8, 4) is 0 Å². The zero-order valence-electron chi connectivity index (χ0n) is 11.0. The number of hydrogen-bond donors (Lipinski definition) is 2. The van der Waals surface area contributed by atoms with Gasteiger partial charge in [-0.3, -0.25) is 4.79 Å². The zero-order valence-corrected chi connectivity index (χ0v) is 12.6. The molecular formula is C14H19ClN2OS. The van der Waals surface area contributed by atoms with Gasteiger partial charge in [-0.05, 0) is 24.1 Å². The van der Waals surface area contributed by atoms with Crippen LogP contribution in [0, 0.1) is 0 Å². The van der Waals surface area contributed by atoms with E-state index in [1.807, 2.05) is 36.0 Å². The molecule has 0 radical (unpaired) electrons. The summed E-state index contributed by atoms with van der Waals surface area (Å²) in [5.74, 6) is 2.01. The molecule has 0 bridgehead atoms. The summed E-state index contributed by atoms with van der Waals surface area (Å²) in [4.78, 5) is 12.2. The van der Waals surface area contributed by atoms with E-state index >= 15 is 0 Å². The number of amides is 1. The molecule has 2 unspecified atom stereocenters. The largest absolute Gasteiger partial charge is 0.348 e. The Labute approximate surface area is 123 Å². The first-order valence-electron chi connectivity index (χ1n) is 6.57. The molecule has 1 saturated heterocycles. The summed E-state index contributed by atoms with van der Waals surface area (Å²) in [6.07, 6.45) is 0.853. The average Bonchev–Trinajstić information content (AvgIpc) is 2.45. The van der Waals surface area contributed by atoms with Crippen LogP contribution >= 0.6 is 23.4 Å². The van der Waals surface area contributed by atoms with Gasteiger partial charge in [-0.25, -0.2) is 0 Å². The second-order valence-corrected chi connectivity index (χ2v) is 6.19. The Morgan fingerprint density at radius 1 is 1.63 bits per heavy atom.